The first-order chi connectivity index (χ1) is 10.6. The predicted octanol–water partition coefficient (Wildman–Crippen LogP) is 7.93. The molecular formula is C20H32Br2. The third-order valence-corrected chi connectivity index (χ3v) is 5.75. The monoisotopic (exact) mass is 430 g/mol. The summed E-state index contributed by atoms with van der Waals surface area (Å²) in [5, 5.41) is 0. The average Bonchev–Trinajstić information content (AvgIpc) is 2.49. The summed E-state index contributed by atoms with van der Waals surface area (Å²) in [5.41, 5.74) is 6.22. The van der Waals surface area contributed by atoms with Crippen LogP contribution in [0.25, 0.3) is 0 Å². The minimum atomic E-state index is 0.413. The molecule has 22 heavy (non-hydrogen) atoms. The molecule has 0 aliphatic heterocycles. The third-order valence-electron chi connectivity index (χ3n) is 4.36. The molecule has 1 unspecified atom stereocenters. The number of hydrogen-bond donors (Lipinski definition) is 0. The first-order valence-corrected chi connectivity index (χ1v) is 10.7. The molecule has 1 aromatic rings. The van der Waals surface area contributed by atoms with Gasteiger partial charge in [0.15, 0.2) is 0 Å². The molecule has 0 aliphatic rings. The van der Waals surface area contributed by atoms with E-state index in [-0.39, 0.29) is 0 Å². The van der Waals surface area contributed by atoms with Crippen LogP contribution in [0.3, 0.4) is 0 Å². The highest BCUT2D eigenvalue weighted by Crippen LogP contribution is 2.38. The lowest BCUT2D eigenvalue weighted by molar-refractivity contribution is 0.741. The molecule has 0 heterocycles. The SMILES string of the molecule is CCCCc1cc(CCCC)c(CCCC)c(C(C)Br)c1Br. The highest BCUT2D eigenvalue weighted by molar-refractivity contribution is 9.11. The molecule has 126 valence electrons. The lowest BCUT2D eigenvalue weighted by Gasteiger charge is -2.22. The Labute approximate surface area is 154 Å². The number of hydrogen-bond acceptors (Lipinski definition) is 0. The largest absolute Gasteiger partial charge is 0.0841 e. The second-order valence-corrected chi connectivity index (χ2v) is 8.49. The quantitative estimate of drug-likeness (QED) is 0.329. The maximum Gasteiger partial charge on any atom is 0.0381 e. The van der Waals surface area contributed by atoms with Gasteiger partial charge in [-0.25, -0.2) is 0 Å². The minimum Gasteiger partial charge on any atom is -0.0841 e. The molecule has 0 aromatic heterocycles. The van der Waals surface area contributed by atoms with Crippen LogP contribution < -0.4 is 0 Å². The van der Waals surface area contributed by atoms with Crippen molar-refractivity contribution in [3.05, 3.63) is 32.8 Å². The van der Waals surface area contributed by atoms with Gasteiger partial charge in [0.25, 0.3) is 0 Å². The van der Waals surface area contributed by atoms with Gasteiger partial charge in [-0.05, 0) is 67.7 Å². The topological polar surface area (TPSA) is 0 Å². The first-order valence-electron chi connectivity index (χ1n) is 9.03. The van der Waals surface area contributed by atoms with Gasteiger partial charge in [0, 0.05) is 9.30 Å². The molecule has 1 rings (SSSR count). The Balaban J connectivity index is 3.31. The highest BCUT2D eigenvalue weighted by Gasteiger charge is 2.18. The molecule has 0 spiro atoms. The van der Waals surface area contributed by atoms with E-state index in [4.69, 9.17) is 0 Å². The molecule has 0 bridgehead atoms. The fourth-order valence-electron chi connectivity index (χ4n) is 3.04. The van der Waals surface area contributed by atoms with Gasteiger partial charge >= 0.3 is 0 Å². The number of halogens is 2. The van der Waals surface area contributed by atoms with Crippen LogP contribution in [0.2, 0.25) is 0 Å². The Kier molecular flexibility index (Phi) is 9.99. The Morgan fingerprint density at radius 3 is 1.86 bits per heavy atom. The van der Waals surface area contributed by atoms with Crippen LogP contribution in [0.4, 0.5) is 0 Å². The molecule has 0 amide bonds. The standard InChI is InChI=1S/C20H32Br2/c1-5-8-11-16-14-17(12-9-6-2)20(22)19(15(4)21)18(16)13-10-7-3/h14-15H,5-13H2,1-4H3. The van der Waals surface area contributed by atoms with E-state index in [9.17, 15) is 0 Å². The third kappa shape index (κ3) is 5.67. The van der Waals surface area contributed by atoms with E-state index >= 15 is 0 Å². The molecule has 0 saturated heterocycles. The number of alkyl halides is 1. The van der Waals surface area contributed by atoms with Gasteiger partial charge in [-0.2, -0.15) is 0 Å². The predicted molar refractivity (Wildman–Crippen MR) is 107 cm³/mol. The second-order valence-electron chi connectivity index (χ2n) is 6.33. The Hall–Kier alpha value is 0.180. The summed E-state index contributed by atoms with van der Waals surface area (Å²) in [6, 6.07) is 2.50. The van der Waals surface area contributed by atoms with Crippen LogP contribution in [-0.4, -0.2) is 0 Å². The van der Waals surface area contributed by atoms with Crippen molar-refractivity contribution in [1.82, 2.24) is 0 Å². The summed E-state index contributed by atoms with van der Waals surface area (Å²) in [4.78, 5) is 0.413. The lowest BCUT2D eigenvalue weighted by atomic mass is 9.89. The molecule has 0 N–H and O–H groups in total. The van der Waals surface area contributed by atoms with Crippen LogP contribution in [0.15, 0.2) is 10.5 Å². The van der Waals surface area contributed by atoms with Gasteiger partial charge in [-0.3, -0.25) is 0 Å². The molecule has 0 saturated carbocycles. The van der Waals surface area contributed by atoms with Crippen molar-refractivity contribution in [3.8, 4) is 0 Å². The number of rotatable bonds is 10. The Morgan fingerprint density at radius 2 is 1.36 bits per heavy atom. The van der Waals surface area contributed by atoms with Crippen molar-refractivity contribution in [3.63, 3.8) is 0 Å². The lowest BCUT2D eigenvalue weighted by Crippen LogP contribution is -2.06. The summed E-state index contributed by atoms with van der Waals surface area (Å²) in [7, 11) is 0. The normalized spacial score (nSPS) is 12.6. The summed E-state index contributed by atoms with van der Waals surface area (Å²) >= 11 is 7.78. The van der Waals surface area contributed by atoms with Crippen molar-refractivity contribution >= 4 is 31.9 Å². The van der Waals surface area contributed by atoms with E-state index in [1.807, 2.05) is 0 Å². The van der Waals surface area contributed by atoms with Gasteiger partial charge in [0.05, 0.1) is 0 Å². The molecule has 0 radical (unpaired) electrons. The van der Waals surface area contributed by atoms with Crippen molar-refractivity contribution < 1.29 is 0 Å². The molecule has 1 aromatic carbocycles. The van der Waals surface area contributed by atoms with E-state index in [2.05, 4.69) is 65.6 Å². The van der Waals surface area contributed by atoms with Crippen LogP contribution in [-0.2, 0) is 19.3 Å². The van der Waals surface area contributed by atoms with Gasteiger partial charge in [0.2, 0.25) is 0 Å². The smallest absolute Gasteiger partial charge is 0.0381 e. The minimum absolute atomic E-state index is 0.413. The van der Waals surface area contributed by atoms with Crippen molar-refractivity contribution in [2.45, 2.75) is 90.3 Å². The van der Waals surface area contributed by atoms with Crippen LogP contribution in [0.1, 0.15) is 93.3 Å². The summed E-state index contributed by atoms with van der Waals surface area (Å²) in [6.45, 7) is 9.11. The fourth-order valence-corrected chi connectivity index (χ4v) is 4.75. The molecule has 2 heteroatoms. The maximum absolute atomic E-state index is 3.93. The molecule has 0 aliphatic carbocycles. The Morgan fingerprint density at radius 1 is 0.864 bits per heavy atom. The van der Waals surface area contributed by atoms with Gasteiger partial charge in [0.1, 0.15) is 0 Å². The van der Waals surface area contributed by atoms with Crippen LogP contribution in [0.5, 0.6) is 0 Å². The van der Waals surface area contributed by atoms with E-state index < -0.39 is 0 Å². The van der Waals surface area contributed by atoms with E-state index in [0.29, 0.717) is 4.83 Å². The van der Waals surface area contributed by atoms with E-state index in [1.165, 1.54) is 73.4 Å². The summed E-state index contributed by atoms with van der Waals surface area (Å²) in [6.07, 6.45) is 11.3. The van der Waals surface area contributed by atoms with Gasteiger partial charge < -0.3 is 0 Å². The maximum atomic E-state index is 3.93. The second kappa shape index (κ2) is 10.9. The van der Waals surface area contributed by atoms with Crippen LogP contribution >= 0.6 is 31.9 Å². The number of unbranched alkanes of at least 4 members (excludes halogenated alkanes) is 3. The first kappa shape index (κ1) is 20.2. The Bertz CT molecular complexity index is 450. The zero-order valence-electron chi connectivity index (χ0n) is 14.8. The van der Waals surface area contributed by atoms with Gasteiger partial charge in [-0.15, -0.1) is 0 Å². The number of benzene rings is 1. The fraction of sp³-hybridized carbons (Fsp3) is 0.700. The molecular weight excluding hydrogens is 400 g/mol. The van der Waals surface area contributed by atoms with Gasteiger partial charge in [-0.1, -0.05) is 78.0 Å². The zero-order valence-corrected chi connectivity index (χ0v) is 17.9. The molecule has 0 nitrogen and oxygen atoms in total. The number of aryl methyl sites for hydroxylation is 2. The van der Waals surface area contributed by atoms with Crippen LogP contribution in [0, 0.1) is 0 Å². The van der Waals surface area contributed by atoms with E-state index in [1.54, 1.807) is 11.1 Å². The summed E-state index contributed by atoms with van der Waals surface area (Å²) < 4.78 is 1.36. The zero-order chi connectivity index (χ0) is 16.5. The molecule has 0 fully saturated rings. The summed E-state index contributed by atoms with van der Waals surface area (Å²) in [5.74, 6) is 0. The van der Waals surface area contributed by atoms with Crippen molar-refractivity contribution in [1.29, 1.82) is 0 Å². The van der Waals surface area contributed by atoms with Crippen molar-refractivity contribution in [2.24, 2.45) is 0 Å². The average molecular weight is 432 g/mol. The highest BCUT2D eigenvalue weighted by atomic mass is 79.9. The molecule has 1 atom stereocenters. The van der Waals surface area contributed by atoms with E-state index in [0.717, 1.165) is 0 Å². The van der Waals surface area contributed by atoms with Crippen molar-refractivity contribution in [2.75, 3.05) is 0 Å².